The van der Waals surface area contributed by atoms with Gasteiger partial charge in [-0.3, -0.25) is 24.2 Å². The van der Waals surface area contributed by atoms with E-state index in [1.807, 2.05) is 30.3 Å². The first-order valence-corrected chi connectivity index (χ1v) is 12.0. The highest BCUT2D eigenvalue weighted by Crippen LogP contribution is 2.41. The number of aliphatic hydroxyl groups is 1. The molecule has 2 aliphatic heterocycles. The third-order valence-corrected chi connectivity index (χ3v) is 7.49. The van der Waals surface area contributed by atoms with Crippen molar-refractivity contribution in [3.8, 4) is 0 Å². The summed E-state index contributed by atoms with van der Waals surface area (Å²) in [6, 6.07) is 9.39. The van der Waals surface area contributed by atoms with E-state index < -0.39 is 5.41 Å². The van der Waals surface area contributed by atoms with Crippen LogP contribution in [-0.4, -0.2) is 83.4 Å². The Bertz CT molecular complexity index is 816. The summed E-state index contributed by atoms with van der Waals surface area (Å²) in [5.41, 5.74) is -0.344. The topological polar surface area (TPSA) is 81.2 Å². The third kappa shape index (κ3) is 4.74. The Morgan fingerprint density at radius 2 is 1.69 bits per heavy atom. The van der Waals surface area contributed by atoms with Crippen LogP contribution >= 0.6 is 0 Å². The minimum Gasteiger partial charge on any atom is -0.395 e. The molecular weight excluding hydrogens is 406 g/mol. The summed E-state index contributed by atoms with van der Waals surface area (Å²) in [5.74, 6) is -0.0479. The number of piperazine rings is 1. The molecule has 32 heavy (non-hydrogen) atoms. The van der Waals surface area contributed by atoms with Crippen molar-refractivity contribution in [2.45, 2.75) is 50.4 Å². The smallest absolute Gasteiger partial charge is 0.240 e. The van der Waals surface area contributed by atoms with Crippen LogP contribution in [0.15, 0.2) is 30.3 Å². The minimum atomic E-state index is -1.10. The molecular formula is C25H35N3O4. The molecule has 7 nitrogen and oxygen atoms in total. The summed E-state index contributed by atoms with van der Waals surface area (Å²) < 4.78 is 0. The second-order valence-corrected chi connectivity index (χ2v) is 9.56. The van der Waals surface area contributed by atoms with Crippen LogP contribution in [0.3, 0.4) is 0 Å². The lowest BCUT2D eigenvalue weighted by Crippen LogP contribution is -2.51. The fraction of sp³-hybridized carbons (Fsp3) is 0.640. The minimum absolute atomic E-state index is 0.0305. The first-order chi connectivity index (χ1) is 15.5. The van der Waals surface area contributed by atoms with Gasteiger partial charge in [0.05, 0.1) is 12.0 Å². The van der Waals surface area contributed by atoms with Crippen LogP contribution in [0, 0.1) is 5.92 Å². The van der Waals surface area contributed by atoms with Crippen LogP contribution in [0.25, 0.3) is 0 Å². The lowest BCUT2D eigenvalue weighted by molar-refractivity contribution is -0.143. The zero-order valence-electron chi connectivity index (χ0n) is 18.9. The third-order valence-electron chi connectivity index (χ3n) is 7.49. The van der Waals surface area contributed by atoms with Gasteiger partial charge in [-0.05, 0) is 24.3 Å². The number of imide groups is 1. The van der Waals surface area contributed by atoms with Gasteiger partial charge in [-0.25, -0.2) is 0 Å². The van der Waals surface area contributed by atoms with Gasteiger partial charge in [-0.2, -0.15) is 0 Å². The number of rotatable bonds is 7. The van der Waals surface area contributed by atoms with Crippen LogP contribution in [0.4, 0.5) is 0 Å². The summed E-state index contributed by atoms with van der Waals surface area (Å²) >= 11 is 0. The molecule has 7 heteroatoms. The quantitative estimate of drug-likeness (QED) is 0.653. The molecule has 0 unspecified atom stereocenters. The monoisotopic (exact) mass is 441 g/mol. The average molecular weight is 442 g/mol. The molecule has 0 spiro atoms. The number of hydrogen-bond donors (Lipinski definition) is 1. The number of amides is 3. The summed E-state index contributed by atoms with van der Waals surface area (Å²) in [4.78, 5) is 45.5. The molecule has 1 saturated carbocycles. The van der Waals surface area contributed by atoms with E-state index in [9.17, 15) is 14.4 Å². The molecule has 3 amide bonds. The maximum Gasteiger partial charge on any atom is 0.240 e. The number of likely N-dealkylation sites (tertiary alicyclic amines) is 1. The predicted molar refractivity (Wildman–Crippen MR) is 121 cm³/mol. The number of carbonyl (C=O) groups excluding carboxylic acids is 3. The number of benzene rings is 1. The molecule has 1 N–H and O–H groups in total. The second-order valence-electron chi connectivity index (χ2n) is 9.56. The Labute approximate surface area is 190 Å². The number of aliphatic hydroxyl groups excluding tert-OH is 1. The lowest BCUT2D eigenvalue weighted by atomic mass is 9.75. The molecule has 3 aliphatic rings. The van der Waals surface area contributed by atoms with E-state index in [-0.39, 0.29) is 37.2 Å². The van der Waals surface area contributed by atoms with E-state index in [0.717, 1.165) is 31.2 Å². The number of hydrogen-bond acceptors (Lipinski definition) is 5. The van der Waals surface area contributed by atoms with Crippen LogP contribution in [0.1, 0.15) is 50.5 Å². The van der Waals surface area contributed by atoms with Gasteiger partial charge in [0, 0.05) is 52.1 Å². The Balaban J connectivity index is 1.52. The van der Waals surface area contributed by atoms with Crippen LogP contribution in [0.5, 0.6) is 0 Å². The van der Waals surface area contributed by atoms with Crippen molar-refractivity contribution < 1.29 is 19.5 Å². The van der Waals surface area contributed by atoms with Crippen molar-refractivity contribution in [3.05, 3.63) is 35.9 Å². The largest absolute Gasteiger partial charge is 0.395 e. The molecule has 1 atom stereocenters. The van der Waals surface area contributed by atoms with Gasteiger partial charge in [0.15, 0.2) is 0 Å². The van der Waals surface area contributed by atoms with Crippen molar-refractivity contribution in [1.29, 1.82) is 0 Å². The SMILES string of the molecule is O=C(C[C@]1(c2ccccc2)CC(=O)N(CC2CCCCC2)C1=O)N1CCN(CCO)CC1. The standard InChI is InChI=1S/C25H35N3O4/c29-16-15-26-11-13-27(14-12-26)22(30)17-25(21-9-5-2-6-10-21)18-23(31)28(24(25)32)19-20-7-3-1-4-8-20/h2,5-6,9-10,20,29H,1,3-4,7-8,11-19H2/t25-/m1/s1. The summed E-state index contributed by atoms with van der Waals surface area (Å²) in [6.07, 6.45) is 5.77. The Morgan fingerprint density at radius 1 is 1.00 bits per heavy atom. The highest BCUT2D eigenvalue weighted by molar-refractivity contribution is 6.10. The second kappa shape index (κ2) is 10.1. The average Bonchev–Trinajstić information content (AvgIpc) is 3.06. The van der Waals surface area contributed by atoms with Gasteiger partial charge >= 0.3 is 0 Å². The van der Waals surface area contributed by atoms with Crippen LogP contribution in [-0.2, 0) is 19.8 Å². The fourth-order valence-corrected chi connectivity index (χ4v) is 5.57. The number of nitrogens with zero attached hydrogens (tertiary/aromatic N) is 3. The Morgan fingerprint density at radius 3 is 2.34 bits per heavy atom. The van der Waals surface area contributed by atoms with E-state index in [4.69, 9.17) is 5.11 Å². The van der Waals surface area contributed by atoms with E-state index in [1.54, 1.807) is 4.90 Å². The molecule has 174 valence electrons. The van der Waals surface area contributed by atoms with E-state index in [1.165, 1.54) is 11.3 Å². The maximum absolute atomic E-state index is 13.8. The summed E-state index contributed by atoms with van der Waals surface area (Å²) in [5, 5.41) is 9.14. The molecule has 1 aliphatic carbocycles. The normalized spacial score (nSPS) is 25.5. The zero-order chi connectivity index (χ0) is 22.6. The lowest BCUT2D eigenvalue weighted by Gasteiger charge is -2.36. The van der Waals surface area contributed by atoms with Gasteiger partial charge in [-0.1, -0.05) is 49.6 Å². The molecule has 4 rings (SSSR count). The Kier molecular flexibility index (Phi) is 7.26. The number of β-amino-alcohol motifs (C(OH)–C–C–N with tert-alkyl or cyclic N) is 1. The van der Waals surface area contributed by atoms with Gasteiger partial charge in [0.2, 0.25) is 17.7 Å². The summed E-state index contributed by atoms with van der Waals surface area (Å²) in [6.45, 7) is 3.80. The van der Waals surface area contributed by atoms with Crippen molar-refractivity contribution in [1.82, 2.24) is 14.7 Å². The molecule has 0 radical (unpaired) electrons. The molecule has 0 aromatic heterocycles. The van der Waals surface area contributed by atoms with Crippen molar-refractivity contribution in [2.75, 3.05) is 45.9 Å². The van der Waals surface area contributed by atoms with Gasteiger partial charge in [0.1, 0.15) is 0 Å². The van der Waals surface area contributed by atoms with Crippen molar-refractivity contribution >= 4 is 17.7 Å². The molecule has 1 aromatic rings. The molecule has 2 saturated heterocycles. The van der Waals surface area contributed by atoms with Crippen LogP contribution in [0.2, 0.25) is 0 Å². The number of carbonyl (C=O) groups is 3. The predicted octanol–water partition coefficient (Wildman–Crippen LogP) is 1.79. The van der Waals surface area contributed by atoms with E-state index >= 15 is 0 Å². The first-order valence-electron chi connectivity index (χ1n) is 12.0. The molecule has 1 aromatic carbocycles. The summed E-state index contributed by atoms with van der Waals surface area (Å²) in [7, 11) is 0. The highest BCUT2D eigenvalue weighted by atomic mass is 16.3. The van der Waals surface area contributed by atoms with Gasteiger partial charge in [0.25, 0.3) is 0 Å². The van der Waals surface area contributed by atoms with Crippen molar-refractivity contribution in [3.63, 3.8) is 0 Å². The van der Waals surface area contributed by atoms with E-state index in [0.29, 0.717) is 45.2 Å². The van der Waals surface area contributed by atoms with Gasteiger partial charge < -0.3 is 10.0 Å². The molecule has 2 heterocycles. The maximum atomic E-state index is 13.8. The van der Waals surface area contributed by atoms with E-state index in [2.05, 4.69) is 4.90 Å². The fourth-order valence-electron chi connectivity index (χ4n) is 5.57. The first kappa shape index (κ1) is 22.9. The highest BCUT2D eigenvalue weighted by Gasteiger charge is 2.54. The Hall–Kier alpha value is -2.25. The van der Waals surface area contributed by atoms with Gasteiger partial charge in [-0.15, -0.1) is 0 Å². The van der Waals surface area contributed by atoms with Crippen LogP contribution < -0.4 is 0 Å². The molecule has 0 bridgehead atoms. The zero-order valence-corrected chi connectivity index (χ0v) is 18.9. The van der Waals surface area contributed by atoms with Crippen molar-refractivity contribution in [2.24, 2.45) is 5.92 Å². The molecule has 3 fully saturated rings.